The van der Waals surface area contributed by atoms with Gasteiger partial charge in [-0.3, -0.25) is 0 Å². The molecule has 132 valence electrons. The lowest BCUT2D eigenvalue weighted by Crippen LogP contribution is -2.39. The molecule has 5 rings (SSSR count). The molecule has 0 unspecified atom stereocenters. The molecule has 25 heavy (non-hydrogen) atoms. The van der Waals surface area contributed by atoms with Crippen molar-refractivity contribution < 1.29 is 8.42 Å². The van der Waals surface area contributed by atoms with Crippen LogP contribution in [0, 0.1) is 0 Å². The van der Waals surface area contributed by atoms with Gasteiger partial charge in [-0.15, -0.1) is 0 Å². The number of sulfonamides is 1. The molecule has 2 aromatic heterocycles. The van der Waals surface area contributed by atoms with Gasteiger partial charge in [0.15, 0.2) is 5.65 Å². The highest BCUT2D eigenvalue weighted by Crippen LogP contribution is 2.40. The first-order valence-electron chi connectivity index (χ1n) is 9.37. The van der Waals surface area contributed by atoms with E-state index >= 15 is 0 Å². The van der Waals surface area contributed by atoms with Crippen molar-refractivity contribution in [2.75, 3.05) is 13.1 Å². The van der Waals surface area contributed by atoms with E-state index in [1.54, 1.807) is 4.31 Å². The van der Waals surface area contributed by atoms with Crippen LogP contribution in [0.25, 0.3) is 11.0 Å². The normalized spacial score (nSPS) is 23.2. The molecule has 6 heteroatoms. The number of hydrogen-bond acceptors (Lipinski definition) is 4. The van der Waals surface area contributed by atoms with Crippen LogP contribution in [-0.4, -0.2) is 41.0 Å². The summed E-state index contributed by atoms with van der Waals surface area (Å²) < 4.78 is 26.4. The van der Waals surface area contributed by atoms with Crippen molar-refractivity contribution in [3.05, 3.63) is 35.7 Å². The molecular weight excluding hydrogens is 334 g/mol. The molecule has 0 bridgehead atoms. The van der Waals surface area contributed by atoms with Crippen LogP contribution in [0.1, 0.15) is 61.6 Å². The lowest BCUT2D eigenvalue weighted by atomic mass is 9.94. The number of rotatable bonds is 4. The van der Waals surface area contributed by atoms with Crippen LogP contribution in [0.5, 0.6) is 0 Å². The number of nitrogens with zero attached hydrogens (tertiary/aromatic N) is 3. The van der Waals surface area contributed by atoms with E-state index in [-0.39, 0.29) is 5.25 Å². The summed E-state index contributed by atoms with van der Waals surface area (Å²) in [7, 11) is -3.04. The average Bonchev–Trinajstić information content (AvgIpc) is 3.52. The fraction of sp³-hybridized carbons (Fsp3) is 0.579. The molecule has 0 N–H and O–H groups in total. The first-order valence-corrected chi connectivity index (χ1v) is 10.9. The maximum absolute atomic E-state index is 12.4. The first-order chi connectivity index (χ1) is 12.1. The second kappa shape index (κ2) is 5.74. The van der Waals surface area contributed by atoms with Gasteiger partial charge in [0.2, 0.25) is 10.0 Å². The van der Waals surface area contributed by atoms with E-state index in [2.05, 4.69) is 23.2 Å². The van der Waals surface area contributed by atoms with Gasteiger partial charge in [-0.25, -0.2) is 22.7 Å². The molecule has 3 aliphatic rings. The summed E-state index contributed by atoms with van der Waals surface area (Å²) in [5.74, 6) is 1.04. The van der Waals surface area contributed by atoms with Crippen molar-refractivity contribution in [3.8, 4) is 0 Å². The third-order valence-electron chi connectivity index (χ3n) is 5.81. The van der Waals surface area contributed by atoms with Gasteiger partial charge in [0, 0.05) is 36.3 Å². The van der Waals surface area contributed by atoms with E-state index in [9.17, 15) is 8.42 Å². The SMILES string of the molecule is O=S(=O)(C1CC1)N1CCC(c2ccc3cc(C4CC4)cnc3n2)CC1. The smallest absolute Gasteiger partial charge is 0.216 e. The second-order valence-electron chi connectivity index (χ2n) is 7.74. The monoisotopic (exact) mass is 357 g/mol. The molecule has 0 amide bonds. The van der Waals surface area contributed by atoms with Crippen molar-refractivity contribution in [1.29, 1.82) is 0 Å². The van der Waals surface area contributed by atoms with E-state index in [4.69, 9.17) is 4.98 Å². The molecule has 2 aliphatic carbocycles. The van der Waals surface area contributed by atoms with Crippen molar-refractivity contribution in [2.45, 2.75) is 55.6 Å². The van der Waals surface area contributed by atoms with Crippen LogP contribution in [0.2, 0.25) is 0 Å². The summed E-state index contributed by atoms with van der Waals surface area (Å²) >= 11 is 0. The number of pyridine rings is 2. The third kappa shape index (κ3) is 2.95. The van der Waals surface area contributed by atoms with Gasteiger partial charge in [0.05, 0.1) is 5.25 Å². The van der Waals surface area contributed by atoms with Gasteiger partial charge in [-0.05, 0) is 68.2 Å². The summed E-state index contributed by atoms with van der Waals surface area (Å²) in [6.07, 6.45) is 7.91. The lowest BCUT2D eigenvalue weighted by Gasteiger charge is -2.31. The highest BCUT2D eigenvalue weighted by molar-refractivity contribution is 7.90. The van der Waals surface area contributed by atoms with Crippen LogP contribution >= 0.6 is 0 Å². The second-order valence-corrected chi connectivity index (χ2v) is 9.96. The van der Waals surface area contributed by atoms with Crippen LogP contribution in [0.3, 0.4) is 0 Å². The van der Waals surface area contributed by atoms with Crippen LogP contribution in [-0.2, 0) is 10.0 Å². The molecule has 3 heterocycles. The Bertz CT molecular complexity index is 911. The quantitative estimate of drug-likeness (QED) is 0.843. The van der Waals surface area contributed by atoms with E-state index in [1.165, 1.54) is 18.4 Å². The predicted octanol–water partition coefficient (Wildman–Crippen LogP) is 3.18. The molecule has 2 aromatic rings. The van der Waals surface area contributed by atoms with Crippen molar-refractivity contribution >= 4 is 21.1 Å². The minimum atomic E-state index is -3.04. The molecule has 1 aliphatic heterocycles. The van der Waals surface area contributed by atoms with Crippen LogP contribution in [0.4, 0.5) is 0 Å². The number of hydrogen-bond donors (Lipinski definition) is 0. The van der Waals surface area contributed by atoms with E-state index in [1.807, 2.05) is 6.20 Å². The minimum absolute atomic E-state index is 0.104. The fourth-order valence-corrected chi connectivity index (χ4v) is 5.77. The number of piperidine rings is 1. The molecule has 0 atom stereocenters. The Labute approximate surface area is 148 Å². The summed E-state index contributed by atoms with van der Waals surface area (Å²) in [4.78, 5) is 9.34. The molecule has 1 saturated heterocycles. The number of fused-ring (bicyclic) bond motifs is 1. The molecule has 3 fully saturated rings. The molecular formula is C19H23N3O2S. The zero-order valence-electron chi connectivity index (χ0n) is 14.3. The summed E-state index contributed by atoms with van der Waals surface area (Å²) in [5.41, 5.74) is 3.21. The van der Waals surface area contributed by atoms with Gasteiger partial charge >= 0.3 is 0 Å². The molecule has 5 nitrogen and oxygen atoms in total. The number of aromatic nitrogens is 2. The highest BCUT2D eigenvalue weighted by Gasteiger charge is 2.41. The maximum atomic E-state index is 12.4. The zero-order valence-corrected chi connectivity index (χ0v) is 15.1. The maximum Gasteiger partial charge on any atom is 0.216 e. The van der Waals surface area contributed by atoms with Crippen molar-refractivity contribution in [1.82, 2.24) is 14.3 Å². The van der Waals surface area contributed by atoms with E-state index < -0.39 is 10.0 Å². The summed E-state index contributed by atoms with van der Waals surface area (Å²) in [5, 5.41) is 1.01. The largest absolute Gasteiger partial charge is 0.236 e. The zero-order chi connectivity index (χ0) is 17.0. The Morgan fingerprint density at radius 1 is 0.960 bits per heavy atom. The Kier molecular flexibility index (Phi) is 3.61. The molecule has 0 aromatic carbocycles. The average molecular weight is 357 g/mol. The Balaban J connectivity index is 1.33. The Morgan fingerprint density at radius 2 is 1.72 bits per heavy atom. The molecule has 0 radical (unpaired) electrons. The third-order valence-corrected chi connectivity index (χ3v) is 8.21. The van der Waals surface area contributed by atoms with Gasteiger partial charge < -0.3 is 0 Å². The Hall–Kier alpha value is -1.53. The standard InChI is InChI=1S/C19H23N3O2S/c23-25(24,17-4-5-17)22-9-7-14(8-10-22)18-6-3-15-11-16(13-1-2-13)12-20-19(15)21-18/h3,6,11-14,17H,1-2,4-5,7-10H2. The summed E-state index contributed by atoms with van der Waals surface area (Å²) in [6.45, 7) is 1.24. The Morgan fingerprint density at radius 3 is 2.40 bits per heavy atom. The van der Waals surface area contributed by atoms with E-state index in [0.717, 1.165) is 42.4 Å². The predicted molar refractivity (Wildman–Crippen MR) is 97.0 cm³/mol. The minimum Gasteiger partial charge on any atom is -0.236 e. The van der Waals surface area contributed by atoms with Crippen LogP contribution in [0.15, 0.2) is 24.4 Å². The fourth-order valence-electron chi connectivity index (χ4n) is 3.89. The topological polar surface area (TPSA) is 63.2 Å². The van der Waals surface area contributed by atoms with Gasteiger partial charge in [-0.1, -0.05) is 0 Å². The molecule has 2 saturated carbocycles. The highest BCUT2D eigenvalue weighted by atomic mass is 32.2. The van der Waals surface area contributed by atoms with Crippen LogP contribution < -0.4 is 0 Å². The van der Waals surface area contributed by atoms with Crippen molar-refractivity contribution in [2.24, 2.45) is 0 Å². The lowest BCUT2D eigenvalue weighted by molar-refractivity contribution is 0.316. The van der Waals surface area contributed by atoms with Gasteiger partial charge in [0.1, 0.15) is 0 Å². The van der Waals surface area contributed by atoms with Gasteiger partial charge in [-0.2, -0.15) is 0 Å². The van der Waals surface area contributed by atoms with E-state index in [0.29, 0.717) is 24.9 Å². The molecule has 0 spiro atoms. The summed E-state index contributed by atoms with van der Waals surface area (Å²) in [6, 6.07) is 6.46. The van der Waals surface area contributed by atoms with Gasteiger partial charge in [0.25, 0.3) is 0 Å². The van der Waals surface area contributed by atoms with Crippen molar-refractivity contribution in [3.63, 3.8) is 0 Å². The first kappa shape index (κ1) is 15.7.